The van der Waals surface area contributed by atoms with Crippen molar-refractivity contribution in [3.05, 3.63) is 54.1 Å². The molecule has 8 heteroatoms. The standard InChI is InChI=1S/C13H10N2S.H3O4P/c14-13-9-5-1-3-7-11(9)16-12-8-4-2-6-10(12)15-13;1-5(2,3)4/h1-8H,(H2,14,15);(H3,1,2,3,4). The van der Waals surface area contributed by atoms with Gasteiger partial charge in [0.05, 0.1) is 5.69 Å². The van der Waals surface area contributed by atoms with Crippen LogP contribution in [0, 0.1) is 0 Å². The summed E-state index contributed by atoms with van der Waals surface area (Å²) in [5.74, 6) is 0.591. The number of fused-ring (bicyclic) bond motifs is 2. The van der Waals surface area contributed by atoms with Crippen LogP contribution in [-0.4, -0.2) is 20.5 Å². The van der Waals surface area contributed by atoms with Crippen LogP contribution in [0.3, 0.4) is 0 Å². The molecule has 6 nitrogen and oxygen atoms in total. The van der Waals surface area contributed by atoms with Gasteiger partial charge in [0.1, 0.15) is 5.84 Å². The van der Waals surface area contributed by atoms with Crippen LogP contribution in [0.15, 0.2) is 63.3 Å². The fourth-order valence-electron chi connectivity index (χ4n) is 1.71. The lowest BCUT2D eigenvalue weighted by atomic mass is 10.2. The third kappa shape index (κ3) is 4.70. The van der Waals surface area contributed by atoms with Crippen molar-refractivity contribution in [1.29, 1.82) is 0 Å². The van der Waals surface area contributed by atoms with Gasteiger partial charge in [-0.2, -0.15) is 0 Å². The summed E-state index contributed by atoms with van der Waals surface area (Å²) < 4.78 is 8.88. The van der Waals surface area contributed by atoms with E-state index in [1.165, 1.54) is 0 Å². The van der Waals surface area contributed by atoms with Crippen molar-refractivity contribution in [2.75, 3.05) is 0 Å². The highest BCUT2D eigenvalue weighted by Gasteiger charge is 2.13. The Hall–Kier alpha value is -1.63. The number of nitrogens with two attached hydrogens (primary N) is 1. The quantitative estimate of drug-likeness (QED) is 0.552. The van der Waals surface area contributed by atoms with Gasteiger partial charge in [-0.05, 0) is 18.2 Å². The van der Waals surface area contributed by atoms with Gasteiger partial charge in [-0.3, -0.25) is 0 Å². The SMILES string of the molecule is NC1=Nc2ccccc2Sc2ccccc21.O=P(O)(O)O. The molecule has 1 aliphatic rings. The molecule has 0 amide bonds. The van der Waals surface area contributed by atoms with Crippen molar-refractivity contribution >= 4 is 31.1 Å². The monoisotopic (exact) mass is 324 g/mol. The molecule has 0 aliphatic carbocycles. The van der Waals surface area contributed by atoms with Gasteiger partial charge >= 0.3 is 7.82 Å². The highest BCUT2D eigenvalue weighted by Crippen LogP contribution is 2.39. The molecule has 0 atom stereocenters. The van der Waals surface area contributed by atoms with E-state index in [-0.39, 0.29) is 0 Å². The lowest BCUT2D eigenvalue weighted by Gasteiger charge is -2.04. The van der Waals surface area contributed by atoms with E-state index in [9.17, 15) is 0 Å². The van der Waals surface area contributed by atoms with E-state index in [0.717, 1.165) is 21.0 Å². The minimum atomic E-state index is -4.64. The molecular formula is C13H13N2O4PS. The van der Waals surface area contributed by atoms with Crippen LogP contribution in [-0.2, 0) is 4.57 Å². The molecule has 3 rings (SSSR count). The molecule has 5 N–H and O–H groups in total. The molecule has 0 bridgehead atoms. The molecule has 0 fully saturated rings. The summed E-state index contributed by atoms with van der Waals surface area (Å²) in [5.41, 5.74) is 7.96. The smallest absolute Gasteiger partial charge is 0.383 e. The van der Waals surface area contributed by atoms with Gasteiger partial charge in [0.15, 0.2) is 0 Å². The largest absolute Gasteiger partial charge is 0.466 e. The molecule has 1 heterocycles. The van der Waals surface area contributed by atoms with Gasteiger partial charge < -0.3 is 20.4 Å². The second-order valence-corrected chi connectivity index (χ2v) is 6.19. The van der Waals surface area contributed by atoms with Crippen molar-refractivity contribution in [1.82, 2.24) is 0 Å². The van der Waals surface area contributed by atoms with Crippen LogP contribution in [0.1, 0.15) is 5.56 Å². The molecule has 110 valence electrons. The van der Waals surface area contributed by atoms with Gasteiger partial charge in [-0.1, -0.05) is 42.1 Å². The molecule has 0 saturated carbocycles. The number of benzene rings is 2. The van der Waals surface area contributed by atoms with Crippen LogP contribution in [0.25, 0.3) is 0 Å². The van der Waals surface area contributed by atoms with Gasteiger partial charge in [0.2, 0.25) is 0 Å². The summed E-state index contributed by atoms with van der Waals surface area (Å²) in [6.45, 7) is 0. The van der Waals surface area contributed by atoms with E-state index >= 15 is 0 Å². The maximum atomic E-state index is 8.88. The summed E-state index contributed by atoms with van der Waals surface area (Å²) in [6, 6.07) is 16.1. The van der Waals surface area contributed by atoms with E-state index in [1.807, 2.05) is 36.4 Å². The first kappa shape index (κ1) is 15.8. The number of aliphatic imine (C=N–C) groups is 1. The first-order valence-electron chi connectivity index (χ1n) is 5.83. The van der Waals surface area contributed by atoms with Crippen LogP contribution in [0.4, 0.5) is 5.69 Å². The lowest BCUT2D eigenvalue weighted by Crippen LogP contribution is -2.12. The zero-order valence-electron chi connectivity index (χ0n) is 10.7. The lowest BCUT2D eigenvalue weighted by molar-refractivity contribution is 0.275. The summed E-state index contributed by atoms with van der Waals surface area (Å²) in [5, 5.41) is 0. The number of para-hydroxylation sites is 1. The average molecular weight is 324 g/mol. The highest BCUT2D eigenvalue weighted by atomic mass is 32.2. The van der Waals surface area contributed by atoms with Crippen LogP contribution < -0.4 is 5.73 Å². The van der Waals surface area contributed by atoms with Crippen molar-refractivity contribution in [2.45, 2.75) is 9.79 Å². The number of phosphoric acid groups is 1. The third-order valence-corrected chi connectivity index (χ3v) is 3.63. The van der Waals surface area contributed by atoms with Gasteiger partial charge in [-0.15, -0.1) is 0 Å². The number of hydrogen-bond acceptors (Lipinski definition) is 4. The maximum Gasteiger partial charge on any atom is 0.466 e. The fourth-order valence-corrected chi connectivity index (χ4v) is 2.74. The number of nitrogens with zero attached hydrogens (tertiary/aromatic N) is 1. The number of amidine groups is 1. The second-order valence-electron chi connectivity index (χ2n) is 4.08. The van der Waals surface area contributed by atoms with Crippen LogP contribution in [0.5, 0.6) is 0 Å². The first-order chi connectivity index (χ1) is 9.84. The molecule has 2 aromatic rings. The second kappa shape index (κ2) is 6.43. The number of rotatable bonds is 0. The zero-order chi connectivity index (χ0) is 15.5. The molecule has 2 aromatic carbocycles. The van der Waals surface area contributed by atoms with E-state index in [0.29, 0.717) is 5.84 Å². The van der Waals surface area contributed by atoms with E-state index < -0.39 is 7.82 Å². The molecule has 0 saturated heterocycles. The Labute approximate surface area is 125 Å². The molecule has 0 radical (unpaired) electrons. The summed E-state index contributed by atoms with van der Waals surface area (Å²) >= 11 is 1.71. The van der Waals surface area contributed by atoms with E-state index in [4.69, 9.17) is 25.0 Å². The highest BCUT2D eigenvalue weighted by molar-refractivity contribution is 7.99. The molecule has 1 aliphatic heterocycles. The zero-order valence-corrected chi connectivity index (χ0v) is 12.5. The first-order valence-corrected chi connectivity index (χ1v) is 8.21. The van der Waals surface area contributed by atoms with E-state index in [2.05, 4.69) is 17.1 Å². The minimum absolute atomic E-state index is 0.591. The molecule has 0 unspecified atom stereocenters. The Morgan fingerprint density at radius 2 is 1.48 bits per heavy atom. The van der Waals surface area contributed by atoms with Crippen molar-refractivity contribution in [3.8, 4) is 0 Å². The Morgan fingerprint density at radius 1 is 0.952 bits per heavy atom. The Bertz CT molecular complexity index is 721. The van der Waals surface area contributed by atoms with Gasteiger partial charge in [-0.25, -0.2) is 9.56 Å². The Morgan fingerprint density at radius 3 is 2.14 bits per heavy atom. The summed E-state index contributed by atoms with van der Waals surface area (Å²) in [7, 11) is -4.64. The number of hydrogen-bond donors (Lipinski definition) is 4. The van der Waals surface area contributed by atoms with Crippen molar-refractivity contribution in [3.63, 3.8) is 0 Å². The average Bonchev–Trinajstić information content (AvgIpc) is 2.53. The van der Waals surface area contributed by atoms with E-state index in [1.54, 1.807) is 11.8 Å². The van der Waals surface area contributed by atoms with Gasteiger partial charge in [0, 0.05) is 15.4 Å². The molecule has 0 aromatic heterocycles. The Kier molecular flexibility index (Phi) is 4.82. The topological polar surface area (TPSA) is 116 Å². The normalized spacial score (nSPS) is 13.0. The van der Waals surface area contributed by atoms with Crippen LogP contribution >= 0.6 is 19.6 Å². The Balaban J connectivity index is 0.000000282. The van der Waals surface area contributed by atoms with Gasteiger partial charge in [0.25, 0.3) is 0 Å². The van der Waals surface area contributed by atoms with Crippen molar-refractivity contribution < 1.29 is 19.2 Å². The molecule has 0 spiro atoms. The summed E-state index contributed by atoms with van der Waals surface area (Å²) in [4.78, 5) is 28.3. The molecular weight excluding hydrogens is 311 g/mol. The summed E-state index contributed by atoms with van der Waals surface area (Å²) in [6.07, 6.45) is 0. The maximum absolute atomic E-state index is 8.88. The minimum Gasteiger partial charge on any atom is -0.383 e. The fraction of sp³-hybridized carbons (Fsp3) is 0. The third-order valence-electron chi connectivity index (χ3n) is 2.49. The molecule has 21 heavy (non-hydrogen) atoms. The predicted octanol–water partition coefficient (Wildman–Crippen LogP) is 2.26. The van der Waals surface area contributed by atoms with Crippen LogP contribution in [0.2, 0.25) is 0 Å². The predicted molar refractivity (Wildman–Crippen MR) is 81.7 cm³/mol. The van der Waals surface area contributed by atoms with Crippen molar-refractivity contribution in [2.24, 2.45) is 10.7 Å².